The summed E-state index contributed by atoms with van der Waals surface area (Å²) in [6.45, 7) is 0.306. The summed E-state index contributed by atoms with van der Waals surface area (Å²) < 4.78 is 5.29. The number of nitrogens with two attached hydrogens (primary N) is 1. The molecule has 1 aromatic carbocycles. The predicted octanol–water partition coefficient (Wildman–Crippen LogP) is 2.34. The first-order chi connectivity index (χ1) is 8.00. The van der Waals surface area contributed by atoms with Crippen molar-refractivity contribution in [2.75, 3.05) is 6.61 Å². The first-order valence-electron chi connectivity index (χ1n) is 4.90. The van der Waals surface area contributed by atoms with Gasteiger partial charge in [-0.3, -0.25) is 15.5 Å². The van der Waals surface area contributed by atoms with Crippen LogP contribution in [0.2, 0.25) is 5.02 Å². The molecule has 92 valence electrons. The second kappa shape index (κ2) is 6.05. The average Bonchev–Trinajstić information content (AvgIpc) is 2.25. The SMILES string of the molecule is N=C(N)CCCOc1cc([N+](=O)[O-])ccc1Cl. The molecule has 0 heterocycles. The van der Waals surface area contributed by atoms with E-state index >= 15 is 0 Å². The number of amidine groups is 1. The van der Waals surface area contributed by atoms with E-state index in [2.05, 4.69) is 0 Å². The zero-order valence-corrected chi connectivity index (χ0v) is 9.74. The second-order valence-electron chi connectivity index (χ2n) is 3.35. The molecular weight excluding hydrogens is 246 g/mol. The molecule has 1 aromatic rings. The highest BCUT2D eigenvalue weighted by molar-refractivity contribution is 6.32. The quantitative estimate of drug-likeness (QED) is 0.268. The maximum Gasteiger partial charge on any atom is 0.273 e. The molecule has 7 heteroatoms. The van der Waals surface area contributed by atoms with Gasteiger partial charge < -0.3 is 10.5 Å². The Morgan fingerprint density at radius 3 is 2.88 bits per heavy atom. The Hall–Kier alpha value is -1.82. The first-order valence-corrected chi connectivity index (χ1v) is 5.28. The molecule has 0 aliphatic carbocycles. The molecule has 6 nitrogen and oxygen atoms in total. The van der Waals surface area contributed by atoms with Crippen LogP contribution < -0.4 is 10.5 Å². The van der Waals surface area contributed by atoms with Crippen molar-refractivity contribution in [3.63, 3.8) is 0 Å². The van der Waals surface area contributed by atoms with Crippen molar-refractivity contribution in [3.8, 4) is 5.75 Å². The molecule has 17 heavy (non-hydrogen) atoms. The molecule has 0 atom stereocenters. The fourth-order valence-electron chi connectivity index (χ4n) is 1.16. The third-order valence-electron chi connectivity index (χ3n) is 1.97. The molecule has 0 spiro atoms. The highest BCUT2D eigenvalue weighted by atomic mass is 35.5. The lowest BCUT2D eigenvalue weighted by atomic mass is 10.3. The Balaban J connectivity index is 2.60. The van der Waals surface area contributed by atoms with Gasteiger partial charge >= 0.3 is 0 Å². The van der Waals surface area contributed by atoms with Crippen LogP contribution in [-0.4, -0.2) is 17.4 Å². The maximum absolute atomic E-state index is 10.5. The van der Waals surface area contributed by atoms with Crippen LogP contribution in [0.15, 0.2) is 18.2 Å². The van der Waals surface area contributed by atoms with E-state index in [1.54, 1.807) is 0 Å². The number of halogens is 1. The van der Waals surface area contributed by atoms with Gasteiger partial charge in [-0.2, -0.15) is 0 Å². The first kappa shape index (κ1) is 13.2. The van der Waals surface area contributed by atoms with Crippen molar-refractivity contribution in [1.29, 1.82) is 5.41 Å². The normalized spacial score (nSPS) is 9.94. The van der Waals surface area contributed by atoms with Gasteiger partial charge in [-0.05, 0) is 12.5 Å². The molecule has 3 N–H and O–H groups in total. The number of nitrogens with zero attached hydrogens (tertiary/aromatic N) is 1. The van der Waals surface area contributed by atoms with Gasteiger partial charge in [-0.15, -0.1) is 0 Å². The molecule has 0 aliphatic heterocycles. The van der Waals surface area contributed by atoms with Crippen molar-refractivity contribution in [2.24, 2.45) is 5.73 Å². The Kier molecular flexibility index (Phi) is 4.71. The summed E-state index contributed by atoms with van der Waals surface area (Å²) in [7, 11) is 0. The Morgan fingerprint density at radius 2 is 2.29 bits per heavy atom. The molecule has 0 unspecified atom stereocenters. The number of hydrogen-bond donors (Lipinski definition) is 2. The highest BCUT2D eigenvalue weighted by Crippen LogP contribution is 2.28. The predicted molar refractivity (Wildman–Crippen MR) is 64.7 cm³/mol. The van der Waals surface area contributed by atoms with Crippen molar-refractivity contribution in [2.45, 2.75) is 12.8 Å². The van der Waals surface area contributed by atoms with Crippen LogP contribution in [0.3, 0.4) is 0 Å². The zero-order valence-electron chi connectivity index (χ0n) is 8.98. The van der Waals surface area contributed by atoms with Crippen LogP contribution in [0, 0.1) is 15.5 Å². The average molecular weight is 258 g/mol. The maximum atomic E-state index is 10.5. The summed E-state index contributed by atoms with van der Waals surface area (Å²) in [5.74, 6) is 0.350. The van der Waals surface area contributed by atoms with Crippen molar-refractivity contribution in [1.82, 2.24) is 0 Å². The Labute approximate surface area is 103 Å². The number of hydrogen-bond acceptors (Lipinski definition) is 4. The standard InChI is InChI=1S/C10H12ClN3O3/c11-8-4-3-7(14(15)16)6-9(8)17-5-1-2-10(12)13/h3-4,6H,1-2,5H2,(H3,12,13). The molecule has 0 aliphatic rings. The lowest BCUT2D eigenvalue weighted by molar-refractivity contribution is -0.384. The second-order valence-corrected chi connectivity index (χ2v) is 3.76. The van der Waals surface area contributed by atoms with E-state index in [4.69, 9.17) is 27.5 Å². The van der Waals surface area contributed by atoms with E-state index in [1.165, 1.54) is 18.2 Å². The minimum absolute atomic E-state index is 0.0732. The molecule has 0 fully saturated rings. The van der Waals surface area contributed by atoms with Crippen LogP contribution in [0.5, 0.6) is 5.75 Å². The smallest absolute Gasteiger partial charge is 0.273 e. The Morgan fingerprint density at radius 1 is 1.59 bits per heavy atom. The van der Waals surface area contributed by atoms with Gasteiger partial charge in [-0.25, -0.2) is 0 Å². The van der Waals surface area contributed by atoms with E-state index in [-0.39, 0.29) is 17.3 Å². The van der Waals surface area contributed by atoms with E-state index in [1.807, 2.05) is 0 Å². The monoisotopic (exact) mass is 257 g/mol. The van der Waals surface area contributed by atoms with E-state index < -0.39 is 4.92 Å². The van der Waals surface area contributed by atoms with Gasteiger partial charge in [0.1, 0.15) is 5.75 Å². The van der Waals surface area contributed by atoms with Gasteiger partial charge in [0.25, 0.3) is 5.69 Å². The summed E-state index contributed by atoms with van der Waals surface area (Å²) in [5.41, 5.74) is 5.10. The topological polar surface area (TPSA) is 102 Å². The summed E-state index contributed by atoms with van der Waals surface area (Å²) >= 11 is 5.83. The van der Waals surface area contributed by atoms with Crippen LogP contribution >= 0.6 is 11.6 Å². The summed E-state index contributed by atoms with van der Waals surface area (Å²) in [6.07, 6.45) is 0.987. The van der Waals surface area contributed by atoms with Crippen LogP contribution in [0.1, 0.15) is 12.8 Å². The lowest BCUT2D eigenvalue weighted by Crippen LogP contribution is -2.11. The minimum atomic E-state index is -0.515. The molecule has 0 bridgehead atoms. The molecule has 0 amide bonds. The minimum Gasteiger partial charge on any atom is -0.492 e. The van der Waals surface area contributed by atoms with E-state index in [0.29, 0.717) is 24.5 Å². The van der Waals surface area contributed by atoms with Gasteiger partial charge in [0.05, 0.1) is 28.5 Å². The van der Waals surface area contributed by atoms with Gasteiger partial charge in [0.15, 0.2) is 0 Å². The molecule has 0 saturated carbocycles. The molecule has 0 aromatic heterocycles. The van der Waals surface area contributed by atoms with Gasteiger partial charge in [-0.1, -0.05) is 11.6 Å². The number of rotatable bonds is 6. The van der Waals surface area contributed by atoms with Crippen molar-refractivity contribution in [3.05, 3.63) is 33.3 Å². The van der Waals surface area contributed by atoms with Crippen LogP contribution in [-0.2, 0) is 0 Å². The number of nitro groups is 1. The molecule has 0 saturated heterocycles. The number of non-ortho nitro benzene ring substituents is 1. The van der Waals surface area contributed by atoms with E-state index in [0.717, 1.165) is 0 Å². The van der Waals surface area contributed by atoms with E-state index in [9.17, 15) is 10.1 Å². The fourth-order valence-corrected chi connectivity index (χ4v) is 1.33. The largest absolute Gasteiger partial charge is 0.492 e. The molecular formula is C10H12ClN3O3. The number of nitrogens with one attached hydrogen (secondary N) is 1. The van der Waals surface area contributed by atoms with Crippen molar-refractivity contribution >= 4 is 23.1 Å². The summed E-state index contributed by atoms with van der Waals surface area (Å²) in [5, 5.41) is 17.9. The lowest BCUT2D eigenvalue weighted by Gasteiger charge is -2.07. The fraction of sp³-hybridized carbons (Fsp3) is 0.300. The van der Waals surface area contributed by atoms with Gasteiger partial charge in [0.2, 0.25) is 0 Å². The summed E-state index contributed by atoms with van der Waals surface area (Å²) in [4.78, 5) is 10.0. The van der Waals surface area contributed by atoms with Crippen molar-refractivity contribution < 1.29 is 9.66 Å². The van der Waals surface area contributed by atoms with Crippen LogP contribution in [0.4, 0.5) is 5.69 Å². The number of nitro benzene ring substituents is 1. The zero-order chi connectivity index (χ0) is 12.8. The number of ether oxygens (including phenoxy) is 1. The third-order valence-corrected chi connectivity index (χ3v) is 2.29. The summed E-state index contributed by atoms with van der Waals surface area (Å²) in [6, 6.07) is 4.00. The highest BCUT2D eigenvalue weighted by Gasteiger charge is 2.10. The number of benzene rings is 1. The Bertz CT molecular complexity index is 437. The van der Waals surface area contributed by atoms with Gasteiger partial charge in [0, 0.05) is 12.5 Å². The van der Waals surface area contributed by atoms with Crippen LogP contribution in [0.25, 0.3) is 0 Å². The molecule has 1 rings (SSSR count). The third kappa shape index (κ3) is 4.28. The molecule has 0 radical (unpaired) electrons.